The molecule has 1 saturated carbocycles. The number of hydrogen-bond donors (Lipinski definition) is 2. The van der Waals surface area contributed by atoms with Crippen molar-refractivity contribution in [3.05, 3.63) is 65.8 Å². The maximum atomic E-state index is 13.8. The fraction of sp³-hybridized carbons (Fsp3) is 0.429. The first-order valence-electron chi connectivity index (χ1n) is 12.8. The minimum atomic E-state index is -0.624. The van der Waals surface area contributed by atoms with Crippen LogP contribution in [0.25, 0.3) is 11.4 Å². The first-order chi connectivity index (χ1) is 18.4. The van der Waals surface area contributed by atoms with Crippen molar-refractivity contribution >= 4 is 11.8 Å². The monoisotopic (exact) mass is 523 g/mol. The standard InChI is InChI=1S/C28H34FN5O4/c1-34(2)25(20-7-6-8-21(29)15-20)19-13-11-18(12-14-19)16-30-24(35)17-31-27(36)28-32-26(33-38-28)22-9-4-5-10-23(22)37-3/h4-10,15,18-19,25H,11-14,16-17H2,1-3H3,(H,30,35)(H,31,36). The van der Waals surface area contributed by atoms with Gasteiger partial charge in [0.05, 0.1) is 19.2 Å². The molecule has 0 saturated heterocycles. The molecule has 2 N–H and O–H groups in total. The molecular formula is C28H34FN5O4. The van der Waals surface area contributed by atoms with Gasteiger partial charge in [0.15, 0.2) is 0 Å². The lowest BCUT2D eigenvalue weighted by Gasteiger charge is -2.37. The number of halogens is 1. The lowest BCUT2D eigenvalue weighted by atomic mass is 9.76. The van der Waals surface area contributed by atoms with Gasteiger partial charge < -0.3 is 24.8 Å². The second kappa shape index (κ2) is 12.6. The van der Waals surface area contributed by atoms with Crippen LogP contribution in [0.15, 0.2) is 53.1 Å². The van der Waals surface area contributed by atoms with Gasteiger partial charge in [-0.25, -0.2) is 4.39 Å². The van der Waals surface area contributed by atoms with Crippen molar-refractivity contribution in [3.63, 3.8) is 0 Å². The number of amides is 2. The topological polar surface area (TPSA) is 110 Å². The van der Waals surface area contributed by atoms with Crippen LogP contribution in [0.5, 0.6) is 5.75 Å². The molecule has 1 aliphatic carbocycles. The summed E-state index contributed by atoms with van der Waals surface area (Å²) in [6.45, 7) is 0.356. The first-order valence-corrected chi connectivity index (χ1v) is 12.8. The van der Waals surface area contributed by atoms with Crippen molar-refractivity contribution in [1.29, 1.82) is 0 Å². The summed E-state index contributed by atoms with van der Waals surface area (Å²) >= 11 is 0. The van der Waals surface area contributed by atoms with Crippen molar-refractivity contribution in [2.75, 3.05) is 34.3 Å². The summed E-state index contributed by atoms with van der Waals surface area (Å²) < 4.78 is 24.2. The highest BCUT2D eigenvalue weighted by Gasteiger charge is 2.30. The molecule has 10 heteroatoms. The van der Waals surface area contributed by atoms with E-state index in [1.807, 2.05) is 26.2 Å². The predicted molar refractivity (Wildman–Crippen MR) is 140 cm³/mol. The molecule has 3 aromatic rings. The summed E-state index contributed by atoms with van der Waals surface area (Å²) in [5.74, 6) is 0.215. The number of carbonyl (C=O) groups excluding carboxylic acids is 2. The molecule has 2 amide bonds. The lowest BCUT2D eigenvalue weighted by Crippen LogP contribution is -2.40. The molecule has 1 fully saturated rings. The molecule has 2 aromatic carbocycles. The Morgan fingerprint density at radius 2 is 1.87 bits per heavy atom. The van der Waals surface area contributed by atoms with Gasteiger partial charge in [0.25, 0.3) is 0 Å². The smallest absolute Gasteiger partial charge is 0.316 e. The number of para-hydroxylation sites is 1. The van der Waals surface area contributed by atoms with E-state index >= 15 is 0 Å². The molecule has 9 nitrogen and oxygen atoms in total. The molecule has 0 radical (unpaired) electrons. The van der Waals surface area contributed by atoms with Crippen LogP contribution in [0.4, 0.5) is 4.39 Å². The highest BCUT2D eigenvalue weighted by molar-refractivity contribution is 5.93. The maximum Gasteiger partial charge on any atom is 0.316 e. The Hall–Kier alpha value is -3.79. The van der Waals surface area contributed by atoms with Crippen LogP contribution in [-0.2, 0) is 4.79 Å². The van der Waals surface area contributed by atoms with Gasteiger partial charge in [0.1, 0.15) is 11.6 Å². The SMILES string of the molecule is COc1ccccc1-c1noc(C(=O)NCC(=O)NCC2CCC(C(c3cccc(F)c3)N(C)C)CC2)n1. The Morgan fingerprint density at radius 3 is 2.58 bits per heavy atom. The van der Waals surface area contributed by atoms with Gasteiger partial charge in [-0.1, -0.05) is 29.4 Å². The van der Waals surface area contributed by atoms with E-state index < -0.39 is 5.91 Å². The van der Waals surface area contributed by atoms with Crippen LogP contribution in [0.1, 0.15) is 48.0 Å². The number of methoxy groups -OCH3 is 1. The van der Waals surface area contributed by atoms with E-state index in [1.165, 1.54) is 13.2 Å². The van der Waals surface area contributed by atoms with Gasteiger partial charge in [0.2, 0.25) is 11.7 Å². The molecule has 1 aromatic heterocycles. The first kappa shape index (κ1) is 27.3. The van der Waals surface area contributed by atoms with Gasteiger partial charge in [-0.15, -0.1) is 0 Å². The number of aromatic nitrogens is 2. The zero-order valence-corrected chi connectivity index (χ0v) is 21.9. The van der Waals surface area contributed by atoms with Crippen molar-refractivity contribution < 1.29 is 23.2 Å². The van der Waals surface area contributed by atoms with E-state index in [1.54, 1.807) is 30.3 Å². The fourth-order valence-corrected chi connectivity index (χ4v) is 5.20. The van der Waals surface area contributed by atoms with Crippen LogP contribution in [0.3, 0.4) is 0 Å². The van der Waals surface area contributed by atoms with Crippen molar-refractivity contribution in [2.24, 2.45) is 11.8 Å². The molecular weight excluding hydrogens is 489 g/mol. The van der Waals surface area contributed by atoms with E-state index in [2.05, 4.69) is 25.7 Å². The third-order valence-corrected chi connectivity index (χ3v) is 7.05. The average molecular weight is 524 g/mol. The molecule has 0 bridgehead atoms. The highest BCUT2D eigenvalue weighted by atomic mass is 19.1. The number of nitrogens with one attached hydrogen (secondary N) is 2. The summed E-state index contributed by atoms with van der Waals surface area (Å²) in [4.78, 5) is 31.0. The van der Waals surface area contributed by atoms with Crippen molar-refractivity contribution in [3.8, 4) is 17.1 Å². The van der Waals surface area contributed by atoms with E-state index in [-0.39, 0.29) is 36.0 Å². The minimum absolute atomic E-state index is 0.157. The number of rotatable bonds is 10. The van der Waals surface area contributed by atoms with E-state index in [4.69, 9.17) is 9.26 Å². The zero-order valence-electron chi connectivity index (χ0n) is 21.9. The Morgan fingerprint density at radius 1 is 1.11 bits per heavy atom. The number of carbonyl (C=O) groups is 2. The Labute approximate surface area is 221 Å². The Bertz CT molecular complexity index is 1240. The second-order valence-electron chi connectivity index (χ2n) is 9.85. The summed E-state index contributed by atoms with van der Waals surface area (Å²) in [5.41, 5.74) is 1.59. The van der Waals surface area contributed by atoms with Gasteiger partial charge in [-0.3, -0.25) is 9.59 Å². The predicted octanol–water partition coefficient (Wildman–Crippen LogP) is 3.84. The third-order valence-electron chi connectivity index (χ3n) is 7.05. The Kier molecular flexibility index (Phi) is 9.06. The van der Waals surface area contributed by atoms with Crippen LogP contribution < -0.4 is 15.4 Å². The Balaban J connectivity index is 1.21. The fourth-order valence-electron chi connectivity index (χ4n) is 5.20. The van der Waals surface area contributed by atoms with Crippen molar-refractivity contribution in [1.82, 2.24) is 25.7 Å². The van der Waals surface area contributed by atoms with Crippen LogP contribution in [0.2, 0.25) is 0 Å². The van der Waals surface area contributed by atoms with Gasteiger partial charge in [-0.05, 0) is 81.4 Å². The summed E-state index contributed by atoms with van der Waals surface area (Å²) in [6.07, 6.45) is 3.96. The van der Waals surface area contributed by atoms with E-state index in [0.717, 1.165) is 31.2 Å². The second-order valence-corrected chi connectivity index (χ2v) is 9.85. The molecule has 1 atom stereocenters. The molecule has 1 heterocycles. The molecule has 0 spiro atoms. The summed E-state index contributed by atoms with van der Waals surface area (Å²) in [6, 6.07) is 14.1. The molecule has 4 rings (SSSR count). The van der Waals surface area contributed by atoms with Crippen LogP contribution >= 0.6 is 0 Å². The number of ether oxygens (including phenoxy) is 1. The van der Waals surface area contributed by atoms with Gasteiger partial charge in [0, 0.05) is 12.6 Å². The van der Waals surface area contributed by atoms with Crippen LogP contribution in [-0.4, -0.2) is 61.1 Å². The zero-order chi connectivity index (χ0) is 27.1. The third kappa shape index (κ3) is 6.74. The number of hydrogen-bond acceptors (Lipinski definition) is 7. The van der Waals surface area contributed by atoms with E-state index in [0.29, 0.717) is 29.7 Å². The largest absolute Gasteiger partial charge is 0.496 e. The lowest BCUT2D eigenvalue weighted by molar-refractivity contribution is -0.120. The number of nitrogens with zero attached hydrogens (tertiary/aromatic N) is 3. The summed E-state index contributed by atoms with van der Waals surface area (Å²) in [7, 11) is 5.60. The van der Waals surface area contributed by atoms with Crippen molar-refractivity contribution in [2.45, 2.75) is 31.7 Å². The minimum Gasteiger partial charge on any atom is -0.496 e. The average Bonchev–Trinajstić information content (AvgIpc) is 3.41. The maximum absolute atomic E-state index is 13.8. The van der Waals surface area contributed by atoms with Gasteiger partial charge >= 0.3 is 11.8 Å². The van der Waals surface area contributed by atoms with Gasteiger partial charge in [-0.2, -0.15) is 4.98 Å². The molecule has 1 unspecified atom stereocenters. The summed E-state index contributed by atoms with van der Waals surface area (Å²) in [5, 5.41) is 9.28. The molecule has 202 valence electrons. The highest BCUT2D eigenvalue weighted by Crippen LogP contribution is 2.39. The number of benzene rings is 2. The molecule has 38 heavy (non-hydrogen) atoms. The van der Waals surface area contributed by atoms with Crippen LogP contribution in [0, 0.1) is 17.7 Å². The molecule has 0 aliphatic heterocycles. The normalized spacial score (nSPS) is 18.1. The quantitative estimate of drug-likeness (QED) is 0.416. The molecule has 1 aliphatic rings. The van der Waals surface area contributed by atoms with E-state index in [9.17, 15) is 14.0 Å².